The van der Waals surface area contributed by atoms with E-state index in [9.17, 15) is 0 Å². The summed E-state index contributed by atoms with van der Waals surface area (Å²) in [5, 5.41) is 0. The van der Waals surface area contributed by atoms with E-state index < -0.39 is 0 Å². The topological polar surface area (TPSA) is 42.2 Å². The number of aromatic nitrogens is 1. The molecule has 1 aromatic carbocycles. The van der Waals surface area contributed by atoms with E-state index in [4.69, 9.17) is 5.73 Å². The highest BCUT2D eigenvalue weighted by Gasteiger charge is 2.10. The molecule has 0 unspecified atom stereocenters. The summed E-state index contributed by atoms with van der Waals surface area (Å²) in [5.41, 5.74) is 9.55. The number of hydrogen-bond acceptors (Lipinski definition) is 3. The van der Waals surface area contributed by atoms with Crippen LogP contribution in [0.3, 0.4) is 0 Å². The Balaban J connectivity index is 2.27. The van der Waals surface area contributed by atoms with Crippen LogP contribution in [0.25, 0.3) is 0 Å². The van der Waals surface area contributed by atoms with E-state index >= 15 is 0 Å². The Morgan fingerprint density at radius 1 is 1.20 bits per heavy atom. The van der Waals surface area contributed by atoms with Gasteiger partial charge in [-0.3, -0.25) is 4.98 Å². The molecule has 0 spiro atoms. The number of pyridine rings is 1. The molecule has 2 rings (SSSR count). The third-order valence-corrected chi connectivity index (χ3v) is 3.79. The molecule has 0 fully saturated rings. The molecule has 0 saturated heterocycles. The highest BCUT2D eigenvalue weighted by molar-refractivity contribution is 9.10. The van der Waals surface area contributed by atoms with Crippen molar-refractivity contribution in [3.8, 4) is 0 Å². The molecule has 0 aliphatic rings. The van der Waals surface area contributed by atoms with Crippen LogP contribution in [0.2, 0.25) is 0 Å². The lowest BCUT2D eigenvalue weighted by Gasteiger charge is -2.26. The summed E-state index contributed by atoms with van der Waals surface area (Å²) in [4.78, 5) is 6.44. The van der Waals surface area contributed by atoms with Gasteiger partial charge in [-0.2, -0.15) is 0 Å². The zero-order chi connectivity index (χ0) is 14.4. The number of halogens is 1. The van der Waals surface area contributed by atoms with Gasteiger partial charge in [0.2, 0.25) is 0 Å². The predicted octanol–water partition coefficient (Wildman–Crippen LogP) is 3.37. The molecular weight excluding hydrogens is 314 g/mol. The van der Waals surface area contributed by atoms with Gasteiger partial charge in [0.05, 0.1) is 0 Å². The van der Waals surface area contributed by atoms with Crippen LogP contribution >= 0.6 is 15.9 Å². The molecule has 1 heterocycles. The number of anilines is 1. The molecule has 0 saturated carbocycles. The van der Waals surface area contributed by atoms with Crippen molar-refractivity contribution in [2.45, 2.75) is 19.9 Å². The lowest BCUT2D eigenvalue weighted by molar-refractivity contribution is 0.817. The molecule has 20 heavy (non-hydrogen) atoms. The van der Waals surface area contributed by atoms with Gasteiger partial charge in [0.25, 0.3) is 0 Å². The van der Waals surface area contributed by atoms with Crippen molar-refractivity contribution < 1.29 is 0 Å². The first-order valence-corrected chi connectivity index (χ1v) is 7.66. The van der Waals surface area contributed by atoms with Crippen LogP contribution in [0.15, 0.2) is 47.2 Å². The summed E-state index contributed by atoms with van der Waals surface area (Å²) in [7, 11) is 0. The lowest BCUT2D eigenvalue weighted by Crippen LogP contribution is -2.23. The van der Waals surface area contributed by atoms with Gasteiger partial charge in [0, 0.05) is 35.6 Å². The van der Waals surface area contributed by atoms with Crippen molar-refractivity contribution in [1.29, 1.82) is 0 Å². The first-order chi connectivity index (χ1) is 9.74. The van der Waals surface area contributed by atoms with Gasteiger partial charge in [-0.15, -0.1) is 0 Å². The molecule has 0 atom stereocenters. The van der Waals surface area contributed by atoms with Crippen LogP contribution in [0.5, 0.6) is 0 Å². The van der Waals surface area contributed by atoms with E-state index in [1.165, 1.54) is 16.8 Å². The van der Waals surface area contributed by atoms with Gasteiger partial charge >= 0.3 is 0 Å². The van der Waals surface area contributed by atoms with Gasteiger partial charge < -0.3 is 10.6 Å². The second-order valence-corrected chi connectivity index (χ2v) is 5.60. The average molecular weight is 334 g/mol. The number of rotatable bonds is 6. The summed E-state index contributed by atoms with van der Waals surface area (Å²) in [6.07, 6.45) is 4.57. The quantitative estimate of drug-likeness (QED) is 0.881. The van der Waals surface area contributed by atoms with Crippen LogP contribution in [-0.2, 0) is 13.0 Å². The Labute approximate surface area is 129 Å². The minimum absolute atomic E-state index is 0.663. The van der Waals surface area contributed by atoms with Gasteiger partial charge in [0.15, 0.2) is 0 Å². The van der Waals surface area contributed by atoms with E-state index in [1.54, 1.807) is 0 Å². The Kier molecular flexibility index (Phi) is 5.56. The standard InChI is InChI=1S/C16H20BrN3/c1-2-20(12-13-6-9-19-10-7-13)16-4-3-15(17)11-14(16)5-8-18/h3-4,6-7,9-11H,2,5,8,12,18H2,1H3. The number of hydrogen-bond donors (Lipinski definition) is 1. The Morgan fingerprint density at radius 3 is 2.60 bits per heavy atom. The normalized spacial score (nSPS) is 10.6. The highest BCUT2D eigenvalue weighted by atomic mass is 79.9. The van der Waals surface area contributed by atoms with Crippen molar-refractivity contribution in [3.63, 3.8) is 0 Å². The molecular formula is C16H20BrN3. The first kappa shape index (κ1) is 15.0. The number of nitrogens with two attached hydrogens (primary N) is 1. The van der Waals surface area contributed by atoms with Crippen molar-refractivity contribution >= 4 is 21.6 Å². The maximum Gasteiger partial charge on any atom is 0.0430 e. The summed E-state index contributed by atoms with van der Waals surface area (Å²) in [6.45, 7) is 4.69. The molecule has 2 N–H and O–H groups in total. The Bertz CT molecular complexity index is 543. The van der Waals surface area contributed by atoms with E-state index in [0.717, 1.165) is 24.0 Å². The molecule has 0 aliphatic carbocycles. The van der Waals surface area contributed by atoms with Crippen molar-refractivity contribution in [2.75, 3.05) is 18.0 Å². The molecule has 3 nitrogen and oxygen atoms in total. The van der Waals surface area contributed by atoms with Gasteiger partial charge in [-0.1, -0.05) is 15.9 Å². The van der Waals surface area contributed by atoms with Crippen LogP contribution in [0.4, 0.5) is 5.69 Å². The van der Waals surface area contributed by atoms with Gasteiger partial charge in [-0.05, 0) is 61.3 Å². The monoisotopic (exact) mass is 333 g/mol. The Morgan fingerprint density at radius 2 is 1.95 bits per heavy atom. The fraction of sp³-hybridized carbons (Fsp3) is 0.312. The predicted molar refractivity (Wildman–Crippen MR) is 87.9 cm³/mol. The SMILES string of the molecule is CCN(Cc1ccncc1)c1ccc(Br)cc1CCN. The molecule has 1 aromatic heterocycles. The van der Waals surface area contributed by atoms with Gasteiger partial charge in [0.1, 0.15) is 0 Å². The summed E-state index contributed by atoms with van der Waals surface area (Å²) >= 11 is 3.54. The molecule has 2 aromatic rings. The smallest absolute Gasteiger partial charge is 0.0430 e. The third-order valence-electron chi connectivity index (χ3n) is 3.30. The van der Waals surface area contributed by atoms with Crippen LogP contribution < -0.4 is 10.6 Å². The second kappa shape index (κ2) is 7.41. The largest absolute Gasteiger partial charge is 0.367 e. The Hall–Kier alpha value is -1.39. The average Bonchev–Trinajstić information content (AvgIpc) is 2.47. The molecule has 0 bridgehead atoms. The van der Waals surface area contributed by atoms with E-state index in [1.807, 2.05) is 12.4 Å². The number of benzene rings is 1. The molecule has 0 aliphatic heterocycles. The molecule has 0 radical (unpaired) electrons. The van der Waals surface area contributed by atoms with Crippen molar-refractivity contribution in [2.24, 2.45) is 5.73 Å². The maximum atomic E-state index is 5.73. The van der Waals surface area contributed by atoms with Crippen LogP contribution in [0.1, 0.15) is 18.1 Å². The summed E-state index contributed by atoms with van der Waals surface area (Å²) in [5.74, 6) is 0. The highest BCUT2D eigenvalue weighted by Crippen LogP contribution is 2.26. The second-order valence-electron chi connectivity index (χ2n) is 4.68. The van der Waals surface area contributed by atoms with Crippen LogP contribution in [-0.4, -0.2) is 18.1 Å². The first-order valence-electron chi connectivity index (χ1n) is 6.87. The van der Waals surface area contributed by atoms with Crippen molar-refractivity contribution in [1.82, 2.24) is 4.98 Å². The zero-order valence-corrected chi connectivity index (χ0v) is 13.3. The lowest BCUT2D eigenvalue weighted by atomic mass is 10.1. The fourth-order valence-corrected chi connectivity index (χ4v) is 2.70. The molecule has 0 amide bonds. The third kappa shape index (κ3) is 3.81. The van der Waals surface area contributed by atoms with Gasteiger partial charge in [-0.25, -0.2) is 0 Å². The molecule has 106 valence electrons. The maximum absolute atomic E-state index is 5.73. The minimum Gasteiger partial charge on any atom is -0.367 e. The molecule has 4 heteroatoms. The number of nitrogens with zero attached hydrogens (tertiary/aromatic N) is 2. The van der Waals surface area contributed by atoms with Crippen molar-refractivity contribution in [3.05, 3.63) is 58.3 Å². The van der Waals surface area contributed by atoms with Crippen LogP contribution in [0, 0.1) is 0 Å². The fourth-order valence-electron chi connectivity index (χ4n) is 2.29. The van der Waals surface area contributed by atoms with E-state index in [-0.39, 0.29) is 0 Å². The summed E-state index contributed by atoms with van der Waals surface area (Å²) < 4.78 is 1.10. The van der Waals surface area contributed by atoms with E-state index in [2.05, 4.69) is 63.1 Å². The summed E-state index contributed by atoms with van der Waals surface area (Å²) in [6, 6.07) is 10.5. The minimum atomic E-state index is 0.663. The van der Waals surface area contributed by atoms with E-state index in [0.29, 0.717) is 6.54 Å². The zero-order valence-electron chi connectivity index (χ0n) is 11.7.